The number of aromatic nitrogens is 4. The third-order valence-corrected chi connectivity index (χ3v) is 4.49. The summed E-state index contributed by atoms with van der Waals surface area (Å²) in [6, 6.07) is 11.8. The fourth-order valence-corrected chi connectivity index (χ4v) is 2.98. The quantitative estimate of drug-likeness (QED) is 0.548. The van der Waals surface area contributed by atoms with Crippen molar-refractivity contribution in [2.45, 2.75) is 26.6 Å². The average Bonchev–Trinajstić information content (AvgIpc) is 3.13. The Morgan fingerprint density at radius 2 is 2.11 bits per heavy atom. The molecule has 0 saturated carbocycles. The molecule has 0 spiro atoms. The molecule has 0 aliphatic heterocycles. The van der Waals surface area contributed by atoms with Gasteiger partial charge >= 0.3 is 0 Å². The van der Waals surface area contributed by atoms with Crippen molar-refractivity contribution in [3.05, 3.63) is 70.8 Å². The van der Waals surface area contributed by atoms with E-state index in [1.165, 1.54) is 0 Å². The topological polar surface area (TPSA) is 74.1 Å². The van der Waals surface area contributed by atoms with E-state index >= 15 is 0 Å². The van der Waals surface area contributed by atoms with Gasteiger partial charge in [-0.3, -0.25) is 0 Å². The van der Waals surface area contributed by atoms with Gasteiger partial charge in [-0.25, -0.2) is 4.68 Å². The van der Waals surface area contributed by atoms with Gasteiger partial charge in [0, 0.05) is 6.54 Å². The summed E-state index contributed by atoms with van der Waals surface area (Å²) in [7, 11) is 1.59. The Labute approximate surface area is 168 Å². The molecule has 0 aliphatic carbocycles. The van der Waals surface area contributed by atoms with Crippen molar-refractivity contribution < 1.29 is 9.47 Å². The molecule has 2 aromatic carbocycles. The second-order valence-corrected chi connectivity index (χ2v) is 6.56. The molecule has 8 heteroatoms. The van der Waals surface area contributed by atoms with Crippen LogP contribution in [-0.2, 0) is 19.7 Å². The predicted molar refractivity (Wildman–Crippen MR) is 109 cm³/mol. The summed E-state index contributed by atoms with van der Waals surface area (Å²) in [4.78, 5) is 0. The van der Waals surface area contributed by atoms with E-state index in [-0.39, 0.29) is 0 Å². The minimum absolute atomic E-state index is 0.413. The number of nitrogens with zero attached hydrogens (tertiary/aromatic N) is 4. The molecule has 3 rings (SSSR count). The third kappa shape index (κ3) is 4.61. The Balaban J connectivity index is 1.73. The summed E-state index contributed by atoms with van der Waals surface area (Å²) in [5.74, 6) is 1.64. The Bertz CT molecular complexity index is 958. The molecular formula is C20H22ClN5O2. The number of ether oxygens (including phenoxy) is 2. The summed E-state index contributed by atoms with van der Waals surface area (Å²) in [5, 5.41) is 15.2. The van der Waals surface area contributed by atoms with E-state index in [0.29, 0.717) is 42.2 Å². The van der Waals surface area contributed by atoms with Crippen LogP contribution in [0.5, 0.6) is 11.5 Å². The molecule has 0 bridgehead atoms. The number of halogens is 1. The molecule has 1 aromatic heterocycles. The van der Waals surface area contributed by atoms with Crippen LogP contribution in [0.15, 0.2) is 49.1 Å². The highest BCUT2D eigenvalue weighted by Crippen LogP contribution is 2.37. The molecule has 0 amide bonds. The van der Waals surface area contributed by atoms with Crippen molar-refractivity contribution in [2.75, 3.05) is 12.4 Å². The minimum Gasteiger partial charge on any atom is -0.493 e. The van der Waals surface area contributed by atoms with Crippen LogP contribution in [0.2, 0.25) is 5.02 Å². The number of hydrogen-bond donors (Lipinski definition) is 1. The van der Waals surface area contributed by atoms with E-state index in [4.69, 9.17) is 21.1 Å². The highest BCUT2D eigenvalue weighted by Gasteiger charge is 2.14. The van der Waals surface area contributed by atoms with Crippen LogP contribution in [0.1, 0.15) is 16.7 Å². The summed E-state index contributed by atoms with van der Waals surface area (Å²) >= 11 is 6.47. The smallest absolute Gasteiger partial charge is 0.243 e. The lowest BCUT2D eigenvalue weighted by molar-refractivity contribution is 0.284. The molecule has 3 aromatic rings. The molecule has 1 heterocycles. The third-order valence-electron chi connectivity index (χ3n) is 4.21. The highest BCUT2D eigenvalue weighted by atomic mass is 35.5. The predicted octanol–water partition coefficient (Wildman–Crippen LogP) is 4.02. The van der Waals surface area contributed by atoms with Crippen molar-refractivity contribution in [1.29, 1.82) is 0 Å². The fraction of sp³-hybridized carbons (Fsp3) is 0.250. The lowest BCUT2D eigenvalue weighted by Crippen LogP contribution is -2.08. The highest BCUT2D eigenvalue weighted by molar-refractivity contribution is 6.32. The van der Waals surface area contributed by atoms with Gasteiger partial charge in [0.15, 0.2) is 11.5 Å². The molecule has 28 heavy (non-hydrogen) atoms. The fourth-order valence-electron chi connectivity index (χ4n) is 2.69. The van der Waals surface area contributed by atoms with E-state index < -0.39 is 0 Å². The zero-order valence-corrected chi connectivity index (χ0v) is 16.6. The summed E-state index contributed by atoms with van der Waals surface area (Å²) in [5.41, 5.74) is 3.18. The molecule has 0 unspecified atom stereocenters. The minimum atomic E-state index is 0.413. The normalized spacial score (nSPS) is 10.5. The van der Waals surface area contributed by atoms with E-state index in [0.717, 1.165) is 16.7 Å². The van der Waals surface area contributed by atoms with Crippen molar-refractivity contribution in [3.8, 4) is 11.5 Å². The number of aryl methyl sites for hydroxylation is 1. The molecule has 0 saturated heterocycles. The number of allylic oxidation sites excluding steroid dienone is 1. The first-order valence-corrected chi connectivity index (χ1v) is 9.14. The molecular weight excluding hydrogens is 378 g/mol. The second kappa shape index (κ2) is 9.23. The van der Waals surface area contributed by atoms with Gasteiger partial charge in [-0.1, -0.05) is 47.0 Å². The van der Waals surface area contributed by atoms with Gasteiger partial charge in [-0.15, -0.1) is 6.58 Å². The van der Waals surface area contributed by atoms with E-state index in [1.54, 1.807) is 17.9 Å². The number of benzene rings is 2. The van der Waals surface area contributed by atoms with Gasteiger partial charge in [0.2, 0.25) is 5.95 Å². The van der Waals surface area contributed by atoms with Gasteiger partial charge in [-0.05, 0) is 46.2 Å². The van der Waals surface area contributed by atoms with E-state index in [9.17, 15) is 0 Å². The van der Waals surface area contributed by atoms with Crippen LogP contribution >= 0.6 is 11.6 Å². The summed E-state index contributed by atoms with van der Waals surface area (Å²) in [6.07, 6.45) is 1.72. The lowest BCUT2D eigenvalue weighted by Gasteiger charge is -2.15. The van der Waals surface area contributed by atoms with Crippen molar-refractivity contribution >= 4 is 17.5 Å². The zero-order chi connectivity index (χ0) is 19.9. The maximum absolute atomic E-state index is 6.47. The molecule has 0 fully saturated rings. The maximum Gasteiger partial charge on any atom is 0.243 e. The zero-order valence-electron chi connectivity index (χ0n) is 15.9. The summed E-state index contributed by atoms with van der Waals surface area (Å²) in [6.45, 7) is 7.15. The van der Waals surface area contributed by atoms with Gasteiger partial charge < -0.3 is 14.8 Å². The Morgan fingerprint density at radius 1 is 1.29 bits per heavy atom. The van der Waals surface area contributed by atoms with E-state index in [2.05, 4.69) is 27.4 Å². The molecule has 0 radical (unpaired) electrons. The van der Waals surface area contributed by atoms with Crippen molar-refractivity contribution in [3.63, 3.8) is 0 Å². The molecule has 0 atom stereocenters. The first-order valence-electron chi connectivity index (χ1n) is 8.77. The SMILES string of the molecule is C=CCn1nnnc1NCc1cc(Cl)c(OCc2ccccc2C)c(OC)c1. The van der Waals surface area contributed by atoms with Crippen molar-refractivity contribution in [2.24, 2.45) is 0 Å². The van der Waals surface area contributed by atoms with E-state index in [1.807, 2.05) is 43.3 Å². The first-order chi connectivity index (χ1) is 13.6. The maximum atomic E-state index is 6.47. The summed E-state index contributed by atoms with van der Waals surface area (Å²) < 4.78 is 13.1. The molecule has 7 nitrogen and oxygen atoms in total. The van der Waals surface area contributed by atoms with Crippen LogP contribution in [-0.4, -0.2) is 27.3 Å². The van der Waals surface area contributed by atoms with Gasteiger partial charge in [-0.2, -0.15) is 0 Å². The Kier molecular flexibility index (Phi) is 6.49. The van der Waals surface area contributed by atoms with Crippen LogP contribution in [0, 0.1) is 6.92 Å². The molecule has 0 aliphatic rings. The first kappa shape index (κ1) is 19.7. The standard InChI is InChI=1S/C20H22ClN5O2/c1-4-9-26-20(23-24-25-26)22-12-15-10-17(21)19(18(11-15)27-3)28-13-16-8-6-5-7-14(16)2/h4-8,10-11H,1,9,12-13H2,2-3H3,(H,22,23,25). The Morgan fingerprint density at radius 3 is 2.86 bits per heavy atom. The van der Waals surface area contributed by atoms with Crippen LogP contribution in [0.3, 0.4) is 0 Å². The largest absolute Gasteiger partial charge is 0.493 e. The number of nitrogens with one attached hydrogen (secondary N) is 1. The van der Waals surface area contributed by atoms with Gasteiger partial charge in [0.1, 0.15) is 6.61 Å². The molecule has 146 valence electrons. The van der Waals surface area contributed by atoms with Crippen LogP contribution in [0.25, 0.3) is 0 Å². The van der Waals surface area contributed by atoms with Gasteiger partial charge in [0.25, 0.3) is 0 Å². The lowest BCUT2D eigenvalue weighted by atomic mass is 10.1. The number of methoxy groups -OCH3 is 1. The van der Waals surface area contributed by atoms with Crippen molar-refractivity contribution in [1.82, 2.24) is 20.2 Å². The molecule has 1 N–H and O–H groups in total. The monoisotopic (exact) mass is 399 g/mol. The second-order valence-electron chi connectivity index (χ2n) is 6.15. The number of hydrogen-bond acceptors (Lipinski definition) is 6. The number of anilines is 1. The number of rotatable bonds is 9. The number of tetrazole rings is 1. The van der Waals surface area contributed by atoms with Crippen LogP contribution < -0.4 is 14.8 Å². The average molecular weight is 400 g/mol. The van der Waals surface area contributed by atoms with Gasteiger partial charge in [0.05, 0.1) is 18.7 Å². The van der Waals surface area contributed by atoms with Crippen LogP contribution in [0.4, 0.5) is 5.95 Å². The Hall–Kier alpha value is -3.06.